The van der Waals surface area contributed by atoms with E-state index in [0.29, 0.717) is 41.5 Å². The number of nitrogens with zero attached hydrogens (tertiary/aromatic N) is 1. The lowest BCUT2D eigenvalue weighted by Crippen LogP contribution is -2.29. The summed E-state index contributed by atoms with van der Waals surface area (Å²) in [5.41, 5.74) is 3.16. The van der Waals surface area contributed by atoms with Gasteiger partial charge in [0.05, 0.1) is 23.6 Å². The van der Waals surface area contributed by atoms with Crippen molar-refractivity contribution in [2.45, 2.75) is 24.7 Å². The largest absolute Gasteiger partial charge is 0.466 e. The lowest BCUT2D eigenvalue weighted by Gasteiger charge is -2.19. The molecule has 3 aromatic rings. The second-order valence-corrected chi connectivity index (χ2v) is 10.1. The molecule has 1 aliphatic heterocycles. The number of hydrogen-bond donors (Lipinski definition) is 1. The van der Waals surface area contributed by atoms with Gasteiger partial charge in [-0.2, -0.15) is 0 Å². The van der Waals surface area contributed by atoms with Crippen LogP contribution < -0.4 is 9.62 Å². The van der Waals surface area contributed by atoms with E-state index in [1.54, 1.807) is 61.5 Å². The SMILES string of the molecule is CCOC(=O)Cc1ccc(NC(=O)c2ccc3c(c2)CCN3S(=O)(=O)c2ccc(Cl)cc2)cc1. The van der Waals surface area contributed by atoms with E-state index in [4.69, 9.17) is 16.3 Å². The molecule has 0 fully saturated rings. The van der Waals surface area contributed by atoms with Crippen LogP contribution in [0.4, 0.5) is 11.4 Å². The summed E-state index contributed by atoms with van der Waals surface area (Å²) in [6, 6.07) is 18.0. The van der Waals surface area contributed by atoms with Crippen molar-refractivity contribution in [1.82, 2.24) is 0 Å². The fourth-order valence-electron chi connectivity index (χ4n) is 3.78. The number of hydrogen-bond acceptors (Lipinski definition) is 5. The number of esters is 1. The van der Waals surface area contributed by atoms with Crippen LogP contribution in [-0.4, -0.2) is 33.4 Å². The Labute approximate surface area is 203 Å². The Morgan fingerprint density at radius 1 is 1.03 bits per heavy atom. The molecule has 7 nitrogen and oxygen atoms in total. The highest BCUT2D eigenvalue weighted by atomic mass is 35.5. The second kappa shape index (κ2) is 9.87. The molecule has 1 amide bonds. The van der Waals surface area contributed by atoms with E-state index in [-0.39, 0.29) is 23.2 Å². The van der Waals surface area contributed by atoms with Gasteiger partial charge in [0, 0.05) is 22.8 Å². The van der Waals surface area contributed by atoms with Crippen LogP contribution in [0, 0.1) is 0 Å². The van der Waals surface area contributed by atoms with Gasteiger partial charge in [-0.25, -0.2) is 8.42 Å². The molecule has 0 saturated carbocycles. The summed E-state index contributed by atoms with van der Waals surface area (Å²) in [6.45, 7) is 2.39. The quantitative estimate of drug-likeness (QED) is 0.486. The van der Waals surface area contributed by atoms with Crippen molar-refractivity contribution in [2.75, 3.05) is 22.8 Å². The Bertz CT molecular complexity index is 1320. The number of halogens is 1. The van der Waals surface area contributed by atoms with Gasteiger partial charge in [0.1, 0.15) is 0 Å². The first-order valence-electron chi connectivity index (χ1n) is 10.7. The van der Waals surface area contributed by atoms with Crippen molar-refractivity contribution >= 4 is 44.9 Å². The molecule has 4 rings (SSSR count). The molecule has 3 aromatic carbocycles. The average molecular weight is 499 g/mol. The Hall–Kier alpha value is -3.36. The predicted molar refractivity (Wildman–Crippen MR) is 131 cm³/mol. The molecular weight excluding hydrogens is 476 g/mol. The summed E-state index contributed by atoms with van der Waals surface area (Å²) >= 11 is 5.88. The number of ether oxygens (including phenoxy) is 1. The smallest absolute Gasteiger partial charge is 0.310 e. The summed E-state index contributed by atoms with van der Waals surface area (Å²) in [5.74, 6) is -0.607. The van der Waals surface area contributed by atoms with Crippen LogP contribution in [0.5, 0.6) is 0 Å². The van der Waals surface area contributed by atoms with Gasteiger partial charge in [-0.05, 0) is 79.1 Å². The summed E-state index contributed by atoms with van der Waals surface area (Å²) in [4.78, 5) is 24.5. The van der Waals surface area contributed by atoms with Crippen LogP contribution in [0.1, 0.15) is 28.4 Å². The zero-order valence-electron chi connectivity index (χ0n) is 18.5. The van der Waals surface area contributed by atoms with E-state index in [1.165, 1.54) is 16.4 Å². The molecule has 0 aliphatic carbocycles. The Morgan fingerprint density at radius 2 is 1.74 bits per heavy atom. The predicted octanol–water partition coefficient (Wildman–Crippen LogP) is 4.45. The van der Waals surface area contributed by atoms with Crippen molar-refractivity contribution in [3.8, 4) is 0 Å². The van der Waals surface area contributed by atoms with Gasteiger partial charge in [-0.3, -0.25) is 13.9 Å². The molecule has 0 aromatic heterocycles. The number of amides is 1. The fraction of sp³-hybridized carbons (Fsp3) is 0.200. The van der Waals surface area contributed by atoms with E-state index < -0.39 is 10.0 Å². The number of sulfonamides is 1. The van der Waals surface area contributed by atoms with Gasteiger partial charge < -0.3 is 10.1 Å². The molecule has 0 atom stereocenters. The minimum atomic E-state index is -3.73. The lowest BCUT2D eigenvalue weighted by molar-refractivity contribution is -0.142. The highest BCUT2D eigenvalue weighted by Gasteiger charge is 2.31. The number of carbonyl (C=O) groups is 2. The first-order valence-corrected chi connectivity index (χ1v) is 12.6. The van der Waals surface area contributed by atoms with E-state index in [9.17, 15) is 18.0 Å². The highest BCUT2D eigenvalue weighted by Crippen LogP contribution is 2.34. The van der Waals surface area contributed by atoms with Gasteiger partial charge >= 0.3 is 5.97 Å². The molecule has 9 heteroatoms. The van der Waals surface area contributed by atoms with Crippen LogP contribution in [0.3, 0.4) is 0 Å². The van der Waals surface area contributed by atoms with Crippen molar-refractivity contribution in [3.05, 3.63) is 88.4 Å². The second-order valence-electron chi connectivity index (χ2n) is 7.76. The molecule has 1 aliphatic rings. The van der Waals surface area contributed by atoms with Gasteiger partial charge in [0.25, 0.3) is 15.9 Å². The Morgan fingerprint density at radius 3 is 2.41 bits per heavy atom. The van der Waals surface area contributed by atoms with Gasteiger partial charge in [-0.1, -0.05) is 23.7 Å². The Balaban J connectivity index is 1.46. The minimum absolute atomic E-state index is 0.165. The third-order valence-corrected chi connectivity index (χ3v) is 7.54. The molecule has 0 unspecified atom stereocenters. The zero-order chi connectivity index (χ0) is 24.3. The third kappa shape index (κ3) is 5.08. The van der Waals surface area contributed by atoms with Crippen molar-refractivity contribution in [1.29, 1.82) is 0 Å². The molecule has 1 heterocycles. The Kier molecular flexibility index (Phi) is 6.90. The first-order chi connectivity index (χ1) is 16.3. The van der Waals surface area contributed by atoms with E-state index in [1.807, 2.05) is 0 Å². The maximum Gasteiger partial charge on any atom is 0.310 e. The van der Waals surface area contributed by atoms with Crippen LogP contribution in [0.2, 0.25) is 5.02 Å². The summed E-state index contributed by atoms with van der Waals surface area (Å²) in [7, 11) is -3.73. The van der Waals surface area contributed by atoms with Gasteiger partial charge in [0.2, 0.25) is 0 Å². The van der Waals surface area contributed by atoms with Crippen molar-refractivity contribution < 1.29 is 22.7 Å². The molecule has 0 bridgehead atoms. The molecule has 0 radical (unpaired) electrons. The number of carbonyl (C=O) groups excluding carboxylic acids is 2. The molecular formula is C25H23ClN2O5S. The first kappa shape index (κ1) is 23.8. The van der Waals surface area contributed by atoms with Crippen molar-refractivity contribution in [3.63, 3.8) is 0 Å². The van der Waals surface area contributed by atoms with E-state index in [2.05, 4.69) is 5.32 Å². The van der Waals surface area contributed by atoms with E-state index >= 15 is 0 Å². The van der Waals surface area contributed by atoms with Crippen LogP contribution >= 0.6 is 11.6 Å². The molecule has 34 heavy (non-hydrogen) atoms. The molecule has 0 saturated heterocycles. The maximum absolute atomic E-state index is 13.1. The molecule has 1 N–H and O–H groups in total. The zero-order valence-corrected chi connectivity index (χ0v) is 20.0. The number of rotatable bonds is 7. The normalized spacial score (nSPS) is 12.8. The van der Waals surface area contributed by atoms with Gasteiger partial charge in [0.15, 0.2) is 0 Å². The third-order valence-electron chi connectivity index (χ3n) is 5.46. The highest BCUT2D eigenvalue weighted by molar-refractivity contribution is 7.92. The summed E-state index contributed by atoms with van der Waals surface area (Å²) in [6.07, 6.45) is 0.675. The fourth-order valence-corrected chi connectivity index (χ4v) is 5.41. The van der Waals surface area contributed by atoms with Crippen LogP contribution in [0.15, 0.2) is 71.6 Å². The van der Waals surface area contributed by atoms with Crippen molar-refractivity contribution in [2.24, 2.45) is 0 Å². The maximum atomic E-state index is 13.1. The van der Waals surface area contributed by atoms with Gasteiger partial charge in [-0.15, -0.1) is 0 Å². The lowest BCUT2D eigenvalue weighted by atomic mass is 10.1. The summed E-state index contributed by atoms with van der Waals surface area (Å²) < 4.78 is 32.4. The monoisotopic (exact) mass is 498 g/mol. The van der Waals surface area contributed by atoms with Crippen LogP contribution in [0.25, 0.3) is 0 Å². The number of anilines is 2. The number of fused-ring (bicyclic) bond motifs is 1. The topological polar surface area (TPSA) is 92.8 Å². The average Bonchev–Trinajstić information content (AvgIpc) is 3.25. The molecule has 176 valence electrons. The minimum Gasteiger partial charge on any atom is -0.466 e. The number of benzene rings is 3. The summed E-state index contributed by atoms with van der Waals surface area (Å²) in [5, 5.41) is 3.29. The van der Waals surface area contributed by atoms with Crippen LogP contribution in [-0.2, 0) is 32.4 Å². The van der Waals surface area contributed by atoms with E-state index in [0.717, 1.165) is 11.1 Å². The molecule has 0 spiro atoms. The standard InChI is InChI=1S/C25H23ClN2O5S/c1-2-33-24(29)15-17-3-8-21(9-4-17)27-25(30)19-5-12-23-18(16-19)13-14-28(23)34(31,32)22-10-6-20(26)7-11-22/h3-12,16H,2,13-15H2,1H3,(H,27,30). The number of nitrogens with one attached hydrogen (secondary N) is 1.